The molecule has 2 heteroatoms. The average molecular weight is 234 g/mol. The summed E-state index contributed by atoms with van der Waals surface area (Å²) in [6, 6.07) is 0. The van der Waals surface area contributed by atoms with Gasteiger partial charge in [0.05, 0.1) is 6.67 Å². The number of rotatable bonds is 10. The maximum atomic E-state index is 3.96. The molecule has 0 aromatic rings. The Bertz CT molecular complexity index is 251. The van der Waals surface area contributed by atoms with Crippen LogP contribution in [0.3, 0.4) is 0 Å². The van der Waals surface area contributed by atoms with Crippen molar-refractivity contribution in [1.82, 2.24) is 9.80 Å². The molecule has 0 amide bonds. The first kappa shape index (κ1) is 15.9. The maximum absolute atomic E-state index is 3.96. The molecule has 0 saturated heterocycles. The molecule has 0 fully saturated rings. The monoisotopic (exact) mass is 234 g/mol. The van der Waals surface area contributed by atoms with E-state index in [9.17, 15) is 0 Å². The molecule has 0 atom stereocenters. The number of nitrogens with zero attached hydrogens (tertiary/aromatic N) is 2. The second-order valence-electron chi connectivity index (χ2n) is 4.66. The summed E-state index contributed by atoms with van der Waals surface area (Å²) in [5, 5.41) is 0. The van der Waals surface area contributed by atoms with E-state index in [1.807, 2.05) is 26.0 Å². The maximum Gasteiger partial charge on any atom is 0.0518 e. The minimum Gasteiger partial charge on any atom is -0.283 e. The molecular formula is C15H26N2. The number of hydrogen-bond donors (Lipinski definition) is 0. The van der Waals surface area contributed by atoms with Gasteiger partial charge in [-0.15, -0.1) is 13.2 Å². The molecule has 0 aliphatic carbocycles. The summed E-state index contributed by atoms with van der Waals surface area (Å²) in [5.74, 6) is 0. The van der Waals surface area contributed by atoms with Gasteiger partial charge in [0.2, 0.25) is 0 Å². The van der Waals surface area contributed by atoms with Gasteiger partial charge in [0, 0.05) is 26.2 Å². The van der Waals surface area contributed by atoms with Gasteiger partial charge < -0.3 is 0 Å². The zero-order valence-electron chi connectivity index (χ0n) is 11.4. The van der Waals surface area contributed by atoms with E-state index in [4.69, 9.17) is 0 Å². The lowest BCUT2D eigenvalue weighted by atomic mass is 10.3. The van der Waals surface area contributed by atoms with Crippen LogP contribution >= 0.6 is 0 Å². The fourth-order valence-corrected chi connectivity index (χ4v) is 1.76. The van der Waals surface area contributed by atoms with Gasteiger partial charge in [0.25, 0.3) is 0 Å². The van der Waals surface area contributed by atoms with E-state index >= 15 is 0 Å². The minimum absolute atomic E-state index is 0.872. The Labute approximate surface area is 107 Å². The van der Waals surface area contributed by atoms with Crippen LogP contribution in [0.4, 0.5) is 0 Å². The van der Waals surface area contributed by atoms with Crippen LogP contribution in [0.2, 0.25) is 0 Å². The molecule has 0 aliphatic heterocycles. The lowest BCUT2D eigenvalue weighted by molar-refractivity contribution is 0.173. The summed E-state index contributed by atoms with van der Waals surface area (Å²) in [4.78, 5) is 4.61. The van der Waals surface area contributed by atoms with Crippen molar-refractivity contribution in [2.24, 2.45) is 0 Å². The predicted molar refractivity (Wildman–Crippen MR) is 78.0 cm³/mol. The average Bonchev–Trinajstić information content (AvgIpc) is 2.16. The molecule has 0 aromatic heterocycles. The zero-order valence-corrected chi connectivity index (χ0v) is 11.4. The summed E-state index contributed by atoms with van der Waals surface area (Å²) in [6.45, 7) is 24.0. The molecule has 0 unspecified atom stereocenters. The predicted octanol–water partition coefficient (Wildman–Crippen LogP) is 3.07. The van der Waals surface area contributed by atoms with Crippen LogP contribution < -0.4 is 0 Å². The van der Waals surface area contributed by atoms with Crippen LogP contribution in [-0.4, -0.2) is 42.6 Å². The lowest BCUT2D eigenvalue weighted by Gasteiger charge is -2.29. The fourth-order valence-electron chi connectivity index (χ4n) is 1.76. The van der Waals surface area contributed by atoms with Gasteiger partial charge in [-0.1, -0.05) is 36.5 Å². The first-order valence-electron chi connectivity index (χ1n) is 5.94. The summed E-state index contributed by atoms with van der Waals surface area (Å²) in [7, 11) is 0. The molecule has 2 nitrogen and oxygen atoms in total. The smallest absolute Gasteiger partial charge is 0.0518 e. The normalized spacial score (nSPS) is 10.6. The van der Waals surface area contributed by atoms with Crippen molar-refractivity contribution in [1.29, 1.82) is 0 Å². The largest absolute Gasteiger partial charge is 0.283 e. The van der Waals surface area contributed by atoms with Gasteiger partial charge in [-0.25, -0.2) is 0 Å². The van der Waals surface area contributed by atoms with E-state index in [0.717, 1.165) is 32.8 Å². The van der Waals surface area contributed by atoms with Crippen LogP contribution in [0, 0.1) is 0 Å². The molecule has 17 heavy (non-hydrogen) atoms. The third kappa shape index (κ3) is 8.66. The lowest BCUT2D eigenvalue weighted by Crippen LogP contribution is -2.39. The Morgan fingerprint density at radius 2 is 1.24 bits per heavy atom. The van der Waals surface area contributed by atoms with Crippen LogP contribution in [0.1, 0.15) is 13.8 Å². The van der Waals surface area contributed by atoms with E-state index in [1.165, 1.54) is 11.1 Å². The summed E-state index contributed by atoms with van der Waals surface area (Å²) in [6.07, 6.45) is 3.85. The van der Waals surface area contributed by atoms with E-state index in [2.05, 4.69) is 36.1 Å². The highest BCUT2D eigenvalue weighted by Crippen LogP contribution is 2.02. The summed E-state index contributed by atoms with van der Waals surface area (Å²) < 4.78 is 0. The SMILES string of the molecule is C=CCN(CC(=C)C)CN(CC=C)CC(=C)C. The fraction of sp³-hybridized carbons (Fsp3) is 0.467. The Morgan fingerprint density at radius 3 is 1.47 bits per heavy atom. The summed E-state index contributed by atoms with van der Waals surface area (Å²) >= 11 is 0. The van der Waals surface area contributed by atoms with Crippen LogP contribution in [-0.2, 0) is 0 Å². The molecule has 0 aliphatic rings. The Hall–Kier alpha value is -1.12. The van der Waals surface area contributed by atoms with Gasteiger partial charge in [-0.2, -0.15) is 0 Å². The zero-order chi connectivity index (χ0) is 13.3. The van der Waals surface area contributed by atoms with E-state index in [0.29, 0.717) is 0 Å². The molecule has 0 bridgehead atoms. The highest BCUT2D eigenvalue weighted by molar-refractivity contribution is 4.96. The molecule has 0 radical (unpaired) electrons. The van der Waals surface area contributed by atoms with Crippen LogP contribution in [0.15, 0.2) is 49.6 Å². The Morgan fingerprint density at radius 1 is 0.882 bits per heavy atom. The standard InChI is InChI=1S/C15H26N2/c1-7-9-16(11-14(3)4)13-17(10-8-2)12-15(5)6/h7-8H,1-3,5,9-13H2,4,6H3. The van der Waals surface area contributed by atoms with E-state index < -0.39 is 0 Å². The molecule has 0 aromatic carbocycles. The van der Waals surface area contributed by atoms with Gasteiger partial charge in [-0.05, 0) is 13.8 Å². The van der Waals surface area contributed by atoms with Gasteiger partial charge in [-0.3, -0.25) is 9.80 Å². The molecule has 0 spiro atoms. The Kier molecular flexibility index (Phi) is 8.38. The van der Waals surface area contributed by atoms with E-state index in [-0.39, 0.29) is 0 Å². The molecule has 96 valence electrons. The van der Waals surface area contributed by atoms with Gasteiger partial charge in [0.15, 0.2) is 0 Å². The molecule has 0 saturated carbocycles. The van der Waals surface area contributed by atoms with Crippen molar-refractivity contribution in [2.45, 2.75) is 13.8 Å². The molecule has 0 N–H and O–H groups in total. The first-order valence-corrected chi connectivity index (χ1v) is 5.94. The van der Waals surface area contributed by atoms with Gasteiger partial charge >= 0.3 is 0 Å². The molecule has 0 heterocycles. The summed E-state index contributed by atoms with van der Waals surface area (Å²) in [5.41, 5.74) is 2.33. The van der Waals surface area contributed by atoms with Crippen molar-refractivity contribution in [3.05, 3.63) is 49.6 Å². The highest BCUT2D eigenvalue weighted by Gasteiger charge is 2.09. The molecule has 0 rings (SSSR count). The van der Waals surface area contributed by atoms with Gasteiger partial charge in [0.1, 0.15) is 0 Å². The van der Waals surface area contributed by atoms with Crippen molar-refractivity contribution >= 4 is 0 Å². The van der Waals surface area contributed by atoms with Crippen LogP contribution in [0.5, 0.6) is 0 Å². The Balaban J connectivity index is 4.41. The second-order valence-corrected chi connectivity index (χ2v) is 4.66. The van der Waals surface area contributed by atoms with Crippen LogP contribution in [0.25, 0.3) is 0 Å². The van der Waals surface area contributed by atoms with Crippen molar-refractivity contribution in [2.75, 3.05) is 32.8 Å². The number of hydrogen-bond acceptors (Lipinski definition) is 2. The third-order valence-corrected chi connectivity index (χ3v) is 2.16. The second kappa shape index (κ2) is 8.97. The quantitative estimate of drug-likeness (QED) is 0.423. The third-order valence-electron chi connectivity index (χ3n) is 2.16. The topological polar surface area (TPSA) is 6.48 Å². The molecular weight excluding hydrogens is 208 g/mol. The van der Waals surface area contributed by atoms with Crippen molar-refractivity contribution in [3.63, 3.8) is 0 Å². The minimum atomic E-state index is 0.872. The first-order chi connectivity index (χ1) is 7.99. The van der Waals surface area contributed by atoms with Crippen molar-refractivity contribution < 1.29 is 0 Å². The highest BCUT2D eigenvalue weighted by atomic mass is 15.3. The van der Waals surface area contributed by atoms with E-state index in [1.54, 1.807) is 0 Å². The van der Waals surface area contributed by atoms with Crippen molar-refractivity contribution in [3.8, 4) is 0 Å².